The molecule has 11 rings (SSSR count). The first-order valence-electron chi connectivity index (χ1n) is 20.2. The van der Waals surface area contributed by atoms with Crippen molar-refractivity contribution in [3.63, 3.8) is 0 Å². The standard InChI is InChI=1S/C52H33F3N6O2/c1-32-14-20-46-42(24-32)40-18-16-38(28-48(40)60(46)50-12-2-4-22-56-50)62-36-10-6-8-33(25-36)44-30-59-45(31-58-44)34-9-7-11-37(26-34)63-39-17-19-41-43-27-35(52(53,54)55)15-21-47(43)61(49(41)29-39)51-13-3-5-23-57-51/h2-31H,1H3. The summed E-state index contributed by atoms with van der Waals surface area (Å²) in [4.78, 5) is 18.7. The Labute approximate surface area is 358 Å². The molecule has 0 amide bonds. The van der Waals surface area contributed by atoms with Gasteiger partial charge in [0.1, 0.15) is 34.6 Å². The van der Waals surface area contributed by atoms with Gasteiger partial charge in [-0.25, -0.2) is 9.97 Å². The summed E-state index contributed by atoms with van der Waals surface area (Å²) in [5.74, 6) is 3.81. The smallest absolute Gasteiger partial charge is 0.416 e. The third-order valence-electron chi connectivity index (χ3n) is 11.1. The van der Waals surface area contributed by atoms with E-state index in [4.69, 9.17) is 19.4 Å². The molecular formula is C52H33F3N6O2. The number of benzene rings is 6. The quantitative estimate of drug-likeness (QED) is 0.152. The normalized spacial score (nSPS) is 11.8. The molecule has 0 aliphatic carbocycles. The molecule has 11 aromatic rings. The predicted molar refractivity (Wildman–Crippen MR) is 240 cm³/mol. The molecule has 6 aromatic carbocycles. The van der Waals surface area contributed by atoms with Crippen LogP contribution in [0.5, 0.6) is 23.0 Å². The van der Waals surface area contributed by atoms with Crippen molar-refractivity contribution in [2.24, 2.45) is 0 Å². The highest BCUT2D eigenvalue weighted by molar-refractivity contribution is 6.10. The zero-order valence-electron chi connectivity index (χ0n) is 33.5. The number of rotatable bonds is 8. The van der Waals surface area contributed by atoms with Crippen molar-refractivity contribution in [3.8, 4) is 57.1 Å². The molecule has 0 aliphatic heterocycles. The summed E-state index contributed by atoms with van der Waals surface area (Å²) in [7, 11) is 0. The van der Waals surface area contributed by atoms with Crippen LogP contribution in [0.1, 0.15) is 11.1 Å². The maximum atomic E-state index is 13.8. The van der Waals surface area contributed by atoms with Gasteiger partial charge in [-0.1, -0.05) is 48.0 Å². The van der Waals surface area contributed by atoms with Crippen LogP contribution in [0.3, 0.4) is 0 Å². The zero-order valence-corrected chi connectivity index (χ0v) is 33.5. The van der Waals surface area contributed by atoms with E-state index >= 15 is 0 Å². The molecule has 0 N–H and O–H groups in total. The molecule has 5 aromatic heterocycles. The zero-order chi connectivity index (χ0) is 42.7. The average Bonchev–Trinajstić information content (AvgIpc) is 3.80. The molecule has 0 saturated heterocycles. The van der Waals surface area contributed by atoms with Crippen molar-refractivity contribution in [1.29, 1.82) is 0 Å². The van der Waals surface area contributed by atoms with E-state index in [9.17, 15) is 13.2 Å². The molecule has 5 heterocycles. The van der Waals surface area contributed by atoms with E-state index in [0.717, 1.165) is 44.8 Å². The van der Waals surface area contributed by atoms with Gasteiger partial charge in [0, 0.05) is 57.2 Å². The van der Waals surface area contributed by atoms with E-state index in [2.05, 4.69) is 51.8 Å². The number of nitrogens with zero attached hydrogens (tertiary/aromatic N) is 6. The Bertz CT molecular complexity index is 3510. The number of ether oxygens (including phenoxy) is 2. The van der Waals surface area contributed by atoms with Crippen molar-refractivity contribution in [2.45, 2.75) is 13.1 Å². The molecule has 0 fully saturated rings. The topological polar surface area (TPSA) is 79.9 Å². The van der Waals surface area contributed by atoms with Crippen LogP contribution in [-0.4, -0.2) is 29.1 Å². The van der Waals surface area contributed by atoms with Gasteiger partial charge in [0.25, 0.3) is 0 Å². The molecule has 8 nitrogen and oxygen atoms in total. The molecule has 0 spiro atoms. The van der Waals surface area contributed by atoms with Gasteiger partial charge in [0.05, 0.1) is 51.4 Å². The van der Waals surface area contributed by atoms with Crippen LogP contribution in [-0.2, 0) is 6.18 Å². The number of alkyl halides is 3. The van der Waals surface area contributed by atoms with Crippen LogP contribution in [0.4, 0.5) is 13.2 Å². The highest BCUT2D eigenvalue weighted by Gasteiger charge is 2.31. The van der Waals surface area contributed by atoms with Crippen LogP contribution in [0, 0.1) is 6.92 Å². The third-order valence-corrected chi connectivity index (χ3v) is 11.1. The van der Waals surface area contributed by atoms with E-state index in [1.54, 1.807) is 43.0 Å². The monoisotopic (exact) mass is 830 g/mol. The SMILES string of the molecule is Cc1ccc2c(c1)c1ccc(Oc3cccc(-c4cnc(-c5cccc(Oc6ccc7c8cc(C(F)(F)F)ccc8n(-c8ccccn8)c7c6)c5)cn4)c3)cc1n2-c1ccccn1. The fourth-order valence-corrected chi connectivity index (χ4v) is 8.22. The summed E-state index contributed by atoms with van der Waals surface area (Å²) < 4.78 is 58.1. The Morgan fingerprint density at radius 1 is 0.429 bits per heavy atom. The first-order chi connectivity index (χ1) is 30.7. The van der Waals surface area contributed by atoms with Crippen molar-refractivity contribution in [3.05, 3.63) is 194 Å². The lowest BCUT2D eigenvalue weighted by atomic mass is 10.1. The molecule has 304 valence electrons. The van der Waals surface area contributed by atoms with Crippen molar-refractivity contribution in [1.82, 2.24) is 29.1 Å². The maximum absolute atomic E-state index is 13.8. The summed E-state index contributed by atoms with van der Waals surface area (Å²) in [6, 6.07) is 48.3. The van der Waals surface area contributed by atoms with Crippen molar-refractivity contribution in [2.75, 3.05) is 0 Å². The van der Waals surface area contributed by atoms with Crippen LogP contribution in [0.25, 0.3) is 77.8 Å². The van der Waals surface area contributed by atoms with Crippen molar-refractivity contribution >= 4 is 43.6 Å². The minimum atomic E-state index is -4.48. The summed E-state index contributed by atoms with van der Waals surface area (Å²) in [5, 5.41) is 3.38. The number of pyridine rings is 2. The molecule has 0 radical (unpaired) electrons. The van der Waals surface area contributed by atoms with Crippen LogP contribution >= 0.6 is 0 Å². The molecule has 0 aliphatic rings. The van der Waals surface area contributed by atoms with Gasteiger partial charge >= 0.3 is 6.18 Å². The second kappa shape index (κ2) is 15.0. The number of aryl methyl sites for hydroxylation is 1. The lowest BCUT2D eigenvalue weighted by Crippen LogP contribution is -2.04. The number of hydrogen-bond donors (Lipinski definition) is 0. The Kier molecular flexibility index (Phi) is 8.97. The molecule has 0 atom stereocenters. The maximum Gasteiger partial charge on any atom is 0.416 e. The van der Waals surface area contributed by atoms with Gasteiger partial charge < -0.3 is 9.47 Å². The lowest BCUT2D eigenvalue weighted by molar-refractivity contribution is -0.137. The first-order valence-corrected chi connectivity index (χ1v) is 20.2. The van der Waals surface area contributed by atoms with E-state index in [1.807, 2.05) is 95.6 Å². The van der Waals surface area contributed by atoms with Gasteiger partial charge in [-0.05, 0) is 110 Å². The van der Waals surface area contributed by atoms with E-state index in [0.29, 0.717) is 62.0 Å². The number of fused-ring (bicyclic) bond motifs is 6. The third kappa shape index (κ3) is 6.95. The molecule has 11 heteroatoms. The minimum absolute atomic E-state index is 0.467. The second-order valence-electron chi connectivity index (χ2n) is 15.2. The van der Waals surface area contributed by atoms with Crippen LogP contribution < -0.4 is 9.47 Å². The molecule has 0 bridgehead atoms. The van der Waals surface area contributed by atoms with Gasteiger partial charge in [0.2, 0.25) is 0 Å². The molecular weight excluding hydrogens is 798 g/mol. The Morgan fingerprint density at radius 2 is 0.937 bits per heavy atom. The van der Waals surface area contributed by atoms with E-state index in [1.165, 1.54) is 17.7 Å². The number of aromatic nitrogens is 6. The lowest BCUT2D eigenvalue weighted by Gasteiger charge is -2.11. The Morgan fingerprint density at radius 3 is 1.43 bits per heavy atom. The summed E-state index contributed by atoms with van der Waals surface area (Å²) >= 11 is 0. The van der Waals surface area contributed by atoms with Gasteiger partial charge in [0.15, 0.2) is 0 Å². The van der Waals surface area contributed by atoms with Crippen LogP contribution in [0.2, 0.25) is 0 Å². The highest BCUT2D eigenvalue weighted by Crippen LogP contribution is 2.40. The molecule has 0 saturated carbocycles. The summed E-state index contributed by atoms with van der Waals surface area (Å²) in [6.07, 6.45) is 2.43. The average molecular weight is 831 g/mol. The minimum Gasteiger partial charge on any atom is -0.457 e. The number of hydrogen-bond acceptors (Lipinski definition) is 6. The van der Waals surface area contributed by atoms with Crippen LogP contribution in [0.15, 0.2) is 183 Å². The summed E-state index contributed by atoms with van der Waals surface area (Å²) in [5.41, 5.74) is 6.77. The highest BCUT2D eigenvalue weighted by atomic mass is 19.4. The Hall–Kier alpha value is -8.31. The van der Waals surface area contributed by atoms with Crippen molar-refractivity contribution < 1.29 is 22.6 Å². The predicted octanol–water partition coefficient (Wildman–Crippen LogP) is 13.7. The fourth-order valence-electron chi connectivity index (χ4n) is 8.22. The van der Waals surface area contributed by atoms with Gasteiger partial charge in [-0.15, -0.1) is 0 Å². The van der Waals surface area contributed by atoms with Gasteiger partial charge in [-0.3, -0.25) is 19.1 Å². The molecule has 63 heavy (non-hydrogen) atoms. The largest absolute Gasteiger partial charge is 0.457 e. The fraction of sp³-hybridized carbons (Fsp3) is 0.0385. The van der Waals surface area contributed by atoms with Gasteiger partial charge in [-0.2, -0.15) is 13.2 Å². The summed E-state index contributed by atoms with van der Waals surface area (Å²) in [6.45, 7) is 2.10. The van der Waals surface area contributed by atoms with E-state index < -0.39 is 11.7 Å². The van der Waals surface area contributed by atoms with E-state index in [-0.39, 0.29) is 0 Å². The first kappa shape index (κ1) is 37.7. The second-order valence-corrected chi connectivity index (χ2v) is 15.2. The molecule has 0 unspecified atom stereocenters. The Balaban J connectivity index is 0.854. The number of halogens is 3.